The van der Waals surface area contributed by atoms with E-state index in [-0.39, 0.29) is 11.9 Å². The van der Waals surface area contributed by atoms with Gasteiger partial charge in [0.25, 0.3) is 0 Å². The van der Waals surface area contributed by atoms with E-state index in [0.29, 0.717) is 6.54 Å². The zero-order valence-electron chi connectivity index (χ0n) is 8.86. The molecule has 1 fully saturated rings. The van der Waals surface area contributed by atoms with Crippen LogP contribution in [0.1, 0.15) is 19.2 Å². The minimum Gasteiger partial charge on any atom is -0.353 e. The van der Waals surface area contributed by atoms with Gasteiger partial charge in [-0.05, 0) is 13.3 Å². The topological polar surface area (TPSA) is 58.1 Å². The second kappa shape index (κ2) is 4.14. The SMILES string of the molecule is CCC1C(=O)NCCN1c1nc(C)ns1. The summed E-state index contributed by atoms with van der Waals surface area (Å²) in [6.45, 7) is 5.38. The molecule has 1 atom stereocenters. The van der Waals surface area contributed by atoms with Crippen molar-refractivity contribution in [3.05, 3.63) is 5.82 Å². The van der Waals surface area contributed by atoms with Crippen molar-refractivity contribution in [1.82, 2.24) is 14.7 Å². The Kier molecular flexibility index (Phi) is 2.86. The fraction of sp³-hybridized carbons (Fsp3) is 0.667. The van der Waals surface area contributed by atoms with E-state index in [0.717, 1.165) is 23.9 Å². The van der Waals surface area contributed by atoms with Crippen molar-refractivity contribution in [2.45, 2.75) is 26.3 Å². The number of piperazine rings is 1. The maximum absolute atomic E-state index is 11.6. The van der Waals surface area contributed by atoms with E-state index in [2.05, 4.69) is 14.7 Å². The van der Waals surface area contributed by atoms with Gasteiger partial charge in [-0.15, -0.1) is 0 Å². The molecule has 0 aliphatic carbocycles. The molecule has 1 N–H and O–H groups in total. The maximum Gasteiger partial charge on any atom is 0.242 e. The van der Waals surface area contributed by atoms with Crippen LogP contribution in [0, 0.1) is 6.92 Å². The molecule has 0 spiro atoms. The summed E-state index contributed by atoms with van der Waals surface area (Å²) in [5.74, 6) is 0.868. The first-order chi connectivity index (χ1) is 7.22. The Morgan fingerprint density at radius 3 is 3.07 bits per heavy atom. The molecule has 1 unspecified atom stereocenters. The number of hydrogen-bond donors (Lipinski definition) is 1. The monoisotopic (exact) mass is 226 g/mol. The fourth-order valence-corrected chi connectivity index (χ4v) is 2.50. The summed E-state index contributed by atoms with van der Waals surface area (Å²) in [6.07, 6.45) is 0.796. The van der Waals surface area contributed by atoms with Crippen LogP contribution in [0.3, 0.4) is 0 Å². The Morgan fingerprint density at radius 2 is 2.47 bits per heavy atom. The number of rotatable bonds is 2. The first-order valence-electron chi connectivity index (χ1n) is 5.07. The molecule has 0 bridgehead atoms. The van der Waals surface area contributed by atoms with Gasteiger partial charge in [-0.1, -0.05) is 6.92 Å². The van der Waals surface area contributed by atoms with Crippen LogP contribution in [0.2, 0.25) is 0 Å². The molecular formula is C9H14N4OS. The molecular weight excluding hydrogens is 212 g/mol. The smallest absolute Gasteiger partial charge is 0.242 e. The van der Waals surface area contributed by atoms with Crippen molar-refractivity contribution < 1.29 is 4.79 Å². The van der Waals surface area contributed by atoms with Crippen molar-refractivity contribution >= 4 is 22.6 Å². The van der Waals surface area contributed by atoms with Crippen molar-refractivity contribution in [3.8, 4) is 0 Å². The van der Waals surface area contributed by atoms with Crippen LogP contribution in [0.4, 0.5) is 5.13 Å². The van der Waals surface area contributed by atoms with Gasteiger partial charge in [0.15, 0.2) is 0 Å². The molecule has 0 aromatic carbocycles. The van der Waals surface area contributed by atoms with Crippen molar-refractivity contribution in [3.63, 3.8) is 0 Å². The van der Waals surface area contributed by atoms with Crippen LogP contribution in [-0.4, -0.2) is 34.4 Å². The van der Waals surface area contributed by atoms with E-state index < -0.39 is 0 Å². The predicted molar refractivity (Wildman–Crippen MR) is 59.1 cm³/mol. The number of amides is 1. The van der Waals surface area contributed by atoms with Crippen molar-refractivity contribution in [2.75, 3.05) is 18.0 Å². The lowest BCUT2D eigenvalue weighted by Crippen LogP contribution is -2.55. The average Bonchev–Trinajstić information content (AvgIpc) is 2.64. The molecule has 15 heavy (non-hydrogen) atoms. The standard InChI is InChI=1S/C9H14N4OS/c1-3-7-8(14)10-4-5-13(7)9-11-6(2)12-15-9/h7H,3-5H2,1-2H3,(H,10,14). The normalized spacial score (nSPS) is 21.6. The highest BCUT2D eigenvalue weighted by atomic mass is 32.1. The van der Waals surface area contributed by atoms with Crippen LogP contribution < -0.4 is 10.2 Å². The first-order valence-corrected chi connectivity index (χ1v) is 5.84. The lowest BCUT2D eigenvalue weighted by Gasteiger charge is -2.33. The van der Waals surface area contributed by atoms with Gasteiger partial charge in [0.1, 0.15) is 11.9 Å². The lowest BCUT2D eigenvalue weighted by molar-refractivity contribution is -0.123. The highest BCUT2D eigenvalue weighted by molar-refractivity contribution is 7.09. The molecule has 5 nitrogen and oxygen atoms in total. The van der Waals surface area contributed by atoms with Gasteiger partial charge in [0.05, 0.1) is 0 Å². The van der Waals surface area contributed by atoms with Gasteiger partial charge in [0.2, 0.25) is 11.0 Å². The van der Waals surface area contributed by atoms with Gasteiger partial charge in [-0.25, -0.2) is 4.98 Å². The number of anilines is 1. The molecule has 0 radical (unpaired) electrons. The predicted octanol–water partition coefficient (Wildman–Crippen LogP) is 0.561. The molecule has 2 heterocycles. The number of nitrogens with one attached hydrogen (secondary N) is 1. The second-order valence-corrected chi connectivity index (χ2v) is 4.26. The van der Waals surface area contributed by atoms with Gasteiger partial charge >= 0.3 is 0 Å². The van der Waals surface area contributed by atoms with Gasteiger partial charge < -0.3 is 10.2 Å². The molecule has 0 saturated carbocycles. The van der Waals surface area contributed by atoms with Crippen molar-refractivity contribution in [2.24, 2.45) is 0 Å². The minimum atomic E-state index is -0.0916. The average molecular weight is 226 g/mol. The molecule has 1 aromatic heterocycles. The molecule has 1 amide bonds. The number of hydrogen-bond acceptors (Lipinski definition) is 5. The molecule has 2 rings (SSSR count). The summed E-state index contributed by atoms with van der Waals surface area (Å²) in [4.78, 5) is 18.0. The largest absolute Gasteiger partial charge is 0.353 e. The highest BCUT2D eigenvalue weighted by Gasteiger charge is 2.29. The van der Waals surface area contributed by atoms with Gasteiger partial charge in [-0.2, -0.15) is 4.37 Å². The highest BCUT2D eigenvalue weighted by Crippen LogP contribution is 2.22. The molecule has 82 valence electrons. The molecule has 1 aromatic rings. The van der Waals surface area contributed by atoms with Crippen LogP contribution in [0.15, 0.2) is 0 Å². The van der Waals surface area contributed by atoms with E-state index in [1.165, 1.54) is 11.5 Å². The fourth-order valence-electron chi connectivity index (χ4n) is 1.75. The number of aromatic nitrogens is 2. The number of aryl methyl sites for hydroxylation is 1. The Bertz CT molecular complexity index is 365. The summed E-state index contributed by atoms with van der Waals surface area (Å²) in [6, 6.07) is -0.0916. The zero-order chi connectivity index (χ0) is 10.8. The van der Waals surface area contributed by atoms with E-state index in [1.54, 1.807) is 0 Å². The summed E-state index contributed by atoms with van der Waals surface area (Å²) in [5, 5.41) is 3.72. The Hall–Kier alpha value is -1.17. The summed E-state index contributed by atoms with van der Waals surface area (Å²) >= 11 is 1.36. The van der Waals surface area contributed by atoms with Gasteiger partial charge in [-0.3, -0.25) is 4.79 Å². The maximum atomic E-state index is 11.6. The number of nitrogens with zero attached hydrogens (tertiary/aromatic N) is 3. The van der Waals surface area contributed by atoms with Crippen molar-refractivity contribution in [1.29, 1.82) is 0 Å². The minimum absolute atomic E-state index is 0.0916. The van der Waals surface area contributed by atoms with Crippen LogP contribution >= 0.6 is 11.5 Å². The van der Waals surface area contributed by atoms with Crippen LogP contribution in [0.25, 0.3) is 0 Å². The number of carbonyl (C=O) groups is 1. The third kappa shape index (κ3) is 1.94. The third-order valence-corrected chi connectivity index (χ3v) is 3.32. The summed E-state index contributed by atoms with van der Waals surface area (Å²) < 4.78 is 4.14. The Morgan fingerprint density at radius 1 is 1.67 bits per heavy atom. The number of carbonyl (C=O) groups excluding carboxylic acids is 1. The lowest BCUT2D eigenvalue weighted by atomic mass is 10.1. The van der Waals surface area contributed by atoms with E-state index in [1.807, 2.05) is 18.7 Å². The summed E-state index contributed by atoms with van der Waals surface area (Å²) in [7, 11) is 0. The van der Waals surface area contributed by atoms with E-state index in [4.69, 9.17) is 0 Å². The quantitative estimate of drug-likeness (QED) is 0.800. The van der Waals surface area contributed by atoms with Crippen LogP contribution in [-0.2, 0) is 4.79 Å². The second-order valence-electron chi connectivity index (χ2n) is 3.53. The molecule has 1 saturated heterocycles. The molecule has 1 aliphatic rings. The van der Waals surface area contributed by atoms with Gasteiger partial charge in [0, 0.05) is 24.6 Å². The molecule has 6 heteroatoms. The Labute approximate surface area is 92.7 Å². The molecule has 1 aliphatic heterocycles. The van der Waals surface area contributed by atoms with Crippen LogP contribution in [0.5, 0.6) is 0 Å². The first kappa shape index (κ1) is 10.4. The zero-order valence-corrected chi connectivity index (χ0v) is 9.67. The third-order valence-electron chi connectivity index (χ3n) is 2.48. The summed E-state index contributed by atoms with van der Waals surface area (Å²) in [5.41, 5.74) is 0. The van der Waals surface area contributed by atoms with E-state index in [9.17, 15) is 4.79 Å². The van der Waals surface area contributed by atoms with E-state index >= 15 is 0 Å². The Balaban J connectivity index is 2.22.